The summed E-state index contributed by atoms with van der Waals surface area (Å²) in [6.07, 6.45) is 0. The lowest BCUT2D eigenvalue weighted by Gasteiger charge is -2.16. The molecule has 0 saturated heterocycles. The molecule has 0 aliphatic rings. The van der Waals surface area contributed by atoms with E-state index in [0.717, 1.165) is 22.9 Å². The van der Waals surface area contributed by atoms with Gasteiger partial charge in [-0.2, -0.15) is 5.10 Å². The molecule has 0 aliphatic carbocycles. The lowest BCUT2D eigenvalue weighted by atomic mass is 10.1. The smallest absolute Gasteiger partial charge is 0.356 e. The first-order chi connectivity index (χ1) is 14.3. The molecule has 0 atom stereocenters. The molecule has 1 heterocycles. The first-order valence-corrected chi connectivity index (χ1v) is 13.7. The fraction of sp³-hybridized carbons (Fsp3) is 0.304. The van der Waals surface area contributed by atoms with Gasteiger partial charge in [-0.1, -0.05) is 50.0 Å². The second-order valence-electron chi connectivity index (χ2n) is 8.37. The van der Waals surface area contributed by atoms with Crippen molar-refractivity contribution in [3.8, 4) is 17.0 Å². The highest BCUT2D eigenvalue weighted by Crippen LogP contribution is 2.24. The number of rotatable bonds is 10. The Kier molecular flexibility index (Phi) is 7.07. The van der Waals surface area contributed by atoms with Gasteiger partial charge in [-0.3, -0.25) is 0 Å². The van der Waals surface area contributed by atoms with E-state index < -0.39 is 14.0 Å². The fourth-order valence-electron chi connectivity index (χ4n) is 2.84. The molecule has 7 heteroatoms. The van der Waals surface area contributed by atoms with Crippen LogP contribution < -0.4 is 4.74 Å². The third-order valence-electron chi connectivity index (χ3n) is 4.61. The largest absolute Gasteiger partial charge is 0.489 e. The van der Waals surface area contributed by atoms with Crippen molar-refractivity contribution >= 4 is 14.0 Å². The highest BCUT2D eigenvalue weighted by molar-refractivity contribution is 6.76. The molecule has 2 aromatic carbocycles. The molecule has 158 valence electrons. The Morgan fingerprint density at radius 1 is 1.07 bits per heavy atom. The Hall–Kier alpha value is -2.90. The number of hydrogen-bond acceptors (Lipinski definition) is 4. The van der Waals surface area contributed by atoms with Crippen LogP contribution >= 0.6 is 0 Å². The molecule has 0 bridgehead atoms. The predicted octanol–water partition coefficient (Wildman–Crippen LogP) is 5.14. The summed E-state index contributed by atoms with van der Waals surface area (Å²) in [5, 5.41) is 13.5. The van der Waals surface area contributed by atoms with Gasteiger partial charge in [0.05, 0.1) is 5.69 Å². The van der Waals surface area contributed by atoms with Gasteiger partial charge in [-0.15, -0.1) is 0 Å². The van der Waals surface area contributed by atoms with Crippen LogP contribution in [0.5, 0.6) is 5.75 Å². The Morgan fingerprint density at radius 2 is 1.77 bits per heavy atom. The zero-order valence-corrected chi connectivity index (χ0v) is 18.7. The van der Waals surface area contributed by atoms with E-state index in [2.05, 4.69) is 24.7 Å². The Balaban J connectivity index is 1.69. The normalized spacial score (nSPS) is 11.4. The summed E-state index contributed by atoms with van der Waals surface area (Å²) in [6.45, 7) is 8.23. The molecule has 0 radical (unpaired) electrons. The minimum Gasteiger partial charge on any atom is -0.489 e. The van der Waals surface area contributed by atoms with Crippen molar-refractivity contribution in [2.75, 3.05) is 6.61 Å². The summed E-state index contributed by atoms with van der Waals surface area (Å²) in [5.41, 5.74) is 2.66. The van der Waals surface area contributed by atoms with Gasteiger partial charge in [0.2, 0.25) is 0 Å². The van der Waals surface area contributed by atoms with Crippen LogP contribution in [0.3, 0.4) is 0 Å². The van der Waals surface area contributed by atoms with Crippen molar-refractivity contribution in [1.82, 2.24) is 9.78 Å². The predicted molar refractivity (Wildman–Crippen MR) is 120 cm³/mol. The van der Waals surface area contributed by atoms with Gasteiger partial charge in [-0.25, -0.2) is 9.48 Å². The zero-order chi connectivity index (χ0) is 21.6. The minimum absolute atomic E-state index is 0.00296. The number of benzene rings is 2. The van der Waals surface area contributed by atoms with Crippen LogP contribution in [0, 0.1) is 0 Å². The van der Waals surface area contributed by atoms with E-state index in [4.69, 9.17) is 9.47 Å². The molecule has 0 saturated carbocycles. The monoisotopic (exact) mass is 424 g/mol. The minimum atomic E-state index is -1.19. The van der Waals surface area contributed by atoms with Gasteiger partial charge in [0, 0.05) is 20.2 Å². The Bertz CT molecular complexity index is 963. The number of ether oxygens (including phenoxy) is 2. The Morgan fingerprint density at radius 3 is 2.40 bits per heavy atom. The molecule has 0 fully saturated rings. The first kappa shape index (κ1) is 21.8. The first-order valence-electron chi connectivity index (χ1n) is 9.98. The molecule has 0 aliphatic heterocycles. The second kappa shape index (κ2) is 9.73. The number of carboxylic acid groups (broad SMARTS) is 1. The van der Waals surface area contributed by atoms with Crippen molar-refractivity contribution in [1.29, 1.82) is 0 Å². The van der Waals surface area contributed by atoms with Crippen LogP contribution in [0.1, 0.15) is 16.1 Å². The molecule has 3 aromatic rings. The van der Waals surface area contributed by atoms with Crippen molar-refractivity contribution < 1.29 is 19.4 Å². The summed E-state index contributed by atoms with van der Waals surface area (Å²) in [5.74, 6) is -0.307. The second-order valence-corrected chi connectivity index (χ2v) is 14.0. The molecular formula is C23H28N2O4Si. The van der Waals surface area contributed by atoms with Gasteiger partial charge < -0.3 is 14.6 Å². The molecule has 0 spiro atoms. The van der Waals surface area contributed by atoms with E-state index in [1.54, 1.807) is 10.7 Å². The number of aromatic nitrogens is 2. The molecule has 0 unspecified atom stereocenters. The van der Waals surface area contributed by atoms with Gasteiger partial charge in [0.25, 0.3) is 0 Å². The quantitative estimate of drug-likeness (QED) is 0.360. The third-order valence-corrected chi connectivity index (χ3v) is 6.31. The van der Waals surface area contributed by atoms with Crippen LogP contribution in [-0.4, -0.2) is 35.5 Å². The summed E-state index contributed by atoms with van der Waals surface area (Å²) in [6, 6.07) is 20.1. The van der Waals surface area contributed by atoms with Crippen molar-refractivity contribution in [3.63, 3.8) is 0 Å². The third kappa shape index (κ3) is 6.30. The lowest BCUT2D eigenvalue weighted by molar-refractivity contribution is 0.0673. The zero-order valence-electron chi connectivity index (χ0n) is 17.7. The van der Waals surface area contributed by atoms with Crippen LogP contribution in [-0.2, 0) is 18.1 Å². The van der Waals surface area contributed by atoms with E-state index in [1.165, 1.54) is 0 Å². The van der Waals surface area contributed by atoms with Gasteiger partial charge in [0.15, 0.2) is 5.69 Å². The highest BCUT2D eigenvalue weighted by Gasteiger charge is 2.16. The summed E-state index contributed by atoms with van der Waals surface area (Å²) < 4.78 is 13.2. The maximum Gasteiger partial charge on any atom is 0.356 e. The number of aromatic carboxylic acids is 1. The van der Waals surface area contributed by atoms with Crippen LogP contribution in [0.15, 0.2) is 60.7 Å². The molecule has 3 rings (SSSR count). The average molecular weight is 425 g/mol. The van der Waals surface area contributed by atoms with Crippen LogP contribution in [0.2, 0.25) is 25.7 Å². The van der Waals surface area contributed by atoms with Gasteiger partial charge in [0.1, 0.15) is 19.1 Å². The van der Waals surface area contributed by atoms with Crippen molar-refractivity contribution in [2.45, 2.75) is 39.0 Å². The van der Waals surface area contributed by atoms with E-state index in [-0.39, 0.29) is 12.4 Å². The summed E-state index contributed by atoms with van der Waals surface area (Å²) in [4.78, 5) is 11.4. The van der Waals surface area contributed by atoms with Crippen molar-refractivity contribution in [2.24, 2.45) is 0 Å². The maximum atomic E-state index is 11.4. The van der Waals surface area contributed by atoms with E-state index >= 15 is 0 Å². The molecule has 1 N–H and O–H groups in total. The molecule has 30 heavy (non-hydrogen) atoms. The molecule has 0 amide bonds. The van der Waals surface area contributed by atoms with E-state index in [9.17, 15) is 9.90 Å². The van der Waals surface area contributed by atoms with E-state index in [0.29, 0.717) is 18.9 Å². The number of carbonyl (C=O) groups is 1. The van der Waals surface area contributed by atoms with Crippen LogP contribution in [0.4, 0.5) is 0 Å². The topological polar surface area (TPSA) is 73.6 Å². The Labute approximate surface area is 178 Å². The van der Waals surface area contributed by atoms with Crippen LogP contribution in [0.25, 0.3) is 11.3 Å². The number of carboxylic acids is 1. The average Bonchev–Trinajstić information content (AvgIpc) is 3.15. The molecule has 1 aromatic heterocycles. The number of hydrogen-bond donors (Lipinski definition) is 1. The SMILES string of the molecule is C[Si](C)(C)CCOCn1nc(C(=O)O)cc1-c1ccc(OCc2ccccc2)cc1. The molecular weight excluding hydrogens is 396 g/mol. The summed E-state index contributed by atoms with van der Waals surface area (Å²) >= 11 is 0. The lowest BCUT2D eigenvalue weighted by Crippen LogP contribution is -2.22. The van der Waals surface area contributed by atoms with Gasteiger partial charge >= 0.3 is 5.97 Å². The van der Waals surface area contributed by atoms with Crippen molar-refractivity contribution in [3.05, 3.63) is 71.9 Å². The summed E-state index contributed by atoms with van der Waals surface area (Å²) in [7, 11) is -1.19. The standard InChI is InChI=1S/C23H28N2O4Si/c1-30(2,3)14-13-28-17-25-22(15-21(24-25)23(26)27)19-9-11-20(12-10-19)29-16-18-7-5-4-6-8-18/h4-12,15H,13-14,16-17H2,1-3H3,(H,26,27). The maximum absolute atomic E-state index is 11.4. The molecule has 6 nitrogen and oxygen atoms in total. The highest BCUT2D eigenvalue weighted by atomic mass is 28.3. The fourth-order valence-corrected chi connectivity index (χ4v) is 3.60. The number of nitrogens with zero attached hydrogens (tertiary/aromatic N) is 2. The van der Waals surface area contributed by atoms with E-state index in [1.807, 2.05) is 54.6 Å². The van der Waals surface area contributed by atoms with Gasteiger partial charge in [-0.05, 0) is 41.9 Å².